The summed E-state index contributed by atoms with van der Waals surface area (Å²) in [6.07, 6.45) is 1.09. The van der Waals surface area contributed by atoms with Gasteiger partial charge in [0, 0.05) is 24.2 Å². The molecule has 0 fully saturated rings. The molecule has 0 amide bonds. The Balaban J connectivity index is 2.92. The zero-order chi connectivity index (χ0) is 15.1. The number of anilines is 1. The van der Waals surface area contributed by atoms with E-state index in [0.29, 0.717) is 0 Å². The van der Waals surface area contributed by atoms with Gasteiger partial charge in [0.15, 0.2) is 0 Å². The fourth-order valence-electron chi connectivity index (χ4n) is 2.13. The molecule has 0 spiro atoms. The molecule has 4 nitrogen and oxygen atoms in total. The van der Waals surface area contributed by atoms with Crippen LogP contribution in [0.15, 0.2) is 23.1 Å². The number of nitrogens with zero attached hydrogens (tertiary/aromatic N) is 2. The lowest BCUT2D eigenvalue weighted by atomic mass is 10.1. The molecule has 1 rings (SSSR count). The van der Waals surface area contributed by atoms with Gasteiger partial charge in [0.2, 0.25) is 0 Å². The number of nitrogen functional groups attached to an aromatic ring is 1. The van der Waals surface area contributed by atoms with Crippen molar-refractivity contribution in [3.05, 3.63) is 23.8 Å². The summed E-state index contributed by atoms with van der Waals surface area (Å²) in [6.45, 7) is 4.13. The summed E-state index contributed by atoms with van der Waals surface area (Å²) in [5, 5.41) is 7.86. The molecule has 0 aliphatic carbocycles. The highest BCUT2D eigenvalue weighted by atomic mass is 32.2. The van der Waals surface area contributed by atoms with Crippen molar-refractivity contribution in [3.63, 3.8) is 0 Å². The van der Waals surface area contributed by atoms with Gasteiger partial charge in [-0.05, 0) is 44.9 Å². The van der Waals surface area contributed by atoms with E-state index in [1.807, 2.05) is 18.2 Å². The van der Waals surface area contributed by atoms with Crippen LogP contribution in [0.25, 0.3) is 0 Å². The van der Waals surface area contributed by atoms with Crippen molar-refractivity contribution < 1.29 is 0 Å². The van der Waals surface area contributed by atoms with E-state index in [9.17, 15) is 0 Å². The van der Waals surface area contributed by atoms with Crippen molar-refractivity contribution >= 4 is 23.3 Å². The zero-order valence-corrected chi connectivity index (χ0v) is 13.8. The molecule has 1 aromatic carbocycles. The molecule has 3 N–H and O–H groups in total. The van der Waals surface area contributed by atoms with E-state index >= 15 is 0 Å². The summed E-state index contributed by atoms with van der Waals surface area (Å²) in [7, 11) is 6.23. The second kappa shape index (κ2) is 8.17. The summed E-state index contributed by atoms with van der Waals surface area (Å²) >= 11 is 1.73. The molecule has 0 saturated carbocycles. The third kappa shape index (κ3) is 4.72. The van der Waals surface area contributed by atoms with Crippen LogP contribution in [0.5, 0.6) is 0 Å². The first-order valence-corrected chi connectivity index (χ1v) is 7.92. The quantitative estimate of drug-likeness (QED) is 0.439. The third-order valence-electron chi connectivity index (χ3n) is 3.08. The first kappa shape index (κ1) is 16.9. The van der Waals surface area contributed by atoms with Crippen LogP contribution in [0.2, 0.25) is 0 Å². The average Bonchev–Trinajstić information content (AvgIpc) is 2.38. The summed E-state index contributed by atoms with van der Waals surface area (Å²) in [4.78, 5) is 5.47. The molecule has 0 radical (unpaired) electrons. The molecule has 0 aliphatic heterocycles. The fraction of sp³-hybridized carbons (Fsp3) is 0.533. The van der Waals surface area contributed by atoms with Crippen molar-refractivity contribution in [2.45, 2.75) is 18.2 Å². The van der Waals surface area contributed by atoms with Crippen molar-refractivity contribution in [3.8, 4) is 0 Å². The Bertz CT molecular complexity index is 445. The first-order chi connectivity index (χ1) is 9.47. The number of thioether (sulfide) groups is 1. The van der Waals surface area contributed by atoms with Gasteiger partial charge in [-0.1, -0.05) is 13.0 Å². The number of hydrogen-bond donors (Lipinski definition) is 2. The van der Waals surface area contributed by atoms with Crippen LogP contribution < -0.4 is 10.6 Å². The van der Waals surface area contributed by atoms with Gasteiger partial charge in [-0.15, -0.1) is 11.8 Å². The van der Waals surface area contributed by atoms with Gasteiger partial charge in [-0.2, -0.15) is 0 Å². The minimum Gasteiger partial charge on any atom is -0.384 e. The van der Waals surface area contributed by atoms with Crippen LogP contribution in [-0.4, -0.2) is 50.7 Å². The number of nitrogens with one attached hydrogen (secondary N) is 1. The Kier molecular flexibility index (Phi) is 6.88. The predicted octanol–water partition coefficient (Wildman–Crippen LogP) is 2.47. The largest absolute Gasteiger partial charge is 0.384 e. The monoisotopic (exact) mass is 294 g/mol. The number of amidine groups is 1. The predicted molar refractivity (Wildman–Crippen MR) is 90.3 cm³/mol. The third-order valence-corrected chi connectivity index (χ3v) is 4.02. The Hall–Kier alpha value is -1.20. The lowest BCUT2D eigenvalue weighted by molar-refractivity contribution is 0.401. The Labute approximate surface area is 126 Å². The molecule has 0 atom stereocenters. The topological polar surface area (TPSA) is 56.4 Å². The van der Waals surface area contributed by atoms with E-state index < -0.39 is 0 Å². The molecule has 0 saturated heterocycles. The maximum atomic E-state index is 7.86. The van der Waals surface area contributed by atoms with Crippen molar-refractivity contribution in [1.29, 1.82) is 5.41 Å². The van der Waals surface area contributed by atoms with Crippen LogP contribution in [0.4, 0.5) is 5.69 Å². The molecule has 112 valence electrons. The maximum Gasteiger partial charge on any atom is 0.126 e. The van der Waals surface area contributed by atoms with Crippen molar-refractivity contribution in [2.75, 3.05) is 44.9 Å². The second-order valence-corrected chi connectivity index (χ2v) is 6.38. The maximum absolute atomic E-state index is 7.86. The normalized spacial score (nSPS) is 10.8. The molecule has 0 heterocycles. The number of rotatable bonds is 8. The summed E-state index contributed by atoms with van der Waals surface area (Å²) in [5.74, 6) is 1.13. The molecular formula is C15H26N4S. The van der Waals surface area contributed by atoms with Crippen LogP contribution in [-0.2, 0) is 0 Å². The lowest BCUT2D eigenvalue weighted by Gasteiger charge is -2.24. The molecular weight excluding hydrogens is 268 g/mol. The Morgan fingerprint density at radius 1 is 1.25 bits per heavy atom. The zero-order valence-electron chi connectivity index (χ0n) is 12.9. The minimum absolute atomic E-state index is 0.149. The summed E-state index contributed by atoms with van der Waals surface area (Å²) in [5.41, 5.74) is 7.71. The molecule has 0 unspecified atom stereocenters. The second-order valence-electron chi connectivity index (χ2n) is 5.08. The molecule has 5 heteroatoms. The Morgan fingerprint density at radius 2 is 1.95 bits per heavy atom. The van der Waals surface area contributed by atoms with Gasteiger partial charge in [-0.3, -0.25) is 5.41 Å². The van der Waals surface area contributed by atoms with Crippen LogP contribution in [0.1, 0.15) is 18.9 Å². The van der Waals surface area contributed by atoms with E-state index in [4.69, 9.17) is 11.1 Å². The van der Waals surface area contributed by atoms with Gasteiger partial charge < -0.3 is 15.5 Å². The highest BCUT2D eigenvalue weighted by Gasteiger charge is 2.14. The minimum atomic E-state index is 0.149. The van der Waals surface area contributed by atoms with E-state index in [1.165, 1.54) is 0 Å². The molecule has 0 aliphatic rings. The van der Waals surface area contributed by atoms with Gasteiger partial charge in [0.1, 0.15) is 5.84 Å². The highest BCUT2D eigenvalue weighted by Crippen LogP contribution is 2.30. The van der Waals surface area contributed by atoms with Crippen molar-refractivity contribution in [1.82, 2.24) is 4.90 Å². The van der Waals surface area contributed by atoms with Crippen LogP contribution in [0.3, 0.4) is 0 Å². The smallest absolute Gasteiger partial charge is 0.126 e. The summed E-state index contributed by atoms with van der Waals surface area (Å²) in [6, 6.07) is 6.14. The molecule has 0 bridgehead atoms. The van der Waals surface area contributed by atoms with Crippen LogP contribution in [0, 0.1) is 5.41 Å². The standard InChI is InChI=1S/C15H26N4S/c1-5-20-13-9-6-8-12(14(13)15(16)17)19(4)11-7-10-18(2)3/h6,8-9H,5,7,10-11H2,1-4H3,(H3,16,17). The number of nitrogens with two attached hydrogens (primary N) is 1. The fourth-order valence-corrected chi connectivity index (χ4v) is 2.97. The van der Waals surface area contributed by atoms with Gasteiger partial charge >= 0.3 is 0 Å². The number of hydrogen-bond acceptors (Lipinski definition) is 4. The van der Waals surface area contributed by atoms with Crippen molar-refractivity contribution in [2.24, 2.45) is 5.73 Å². The van der Waals surface area contributed by atoms with E-state index in [-0.39, 0.29) is 5.84 Å². The SMILES string of the molecule is CCSc1cccc(N(C)CCCN(C)C)c1C(=N)N. The molecule has 20 heavy (non-hydrogen) atoms. The summed E-state index contributed by atoms with van der Waals surface area (Å²) < 4.78 is 0. The first-order valence-electron chi connectivity index (χ1n) is 6.93. The molecule has 0 aromatic heterocycles. The highest BCUT2D eigenvalue weighted by molar-refractivity contribution is 7.99. The van der Waals surface area contributed by atoms with Gasteiger partial charge in [0.05, 0.1) is 5.56 Å². The number of benzene rings is 1. The average molecular weight is 294 g/mol. The molecule has 1 aromatic rings. The van der Waals surface area contributed by atoms with E-state index in [1.54, 1.807) is 11.8 Å². The van der Waals surface area contributed by atoms with E-state index in [0.717, 1.165) is 41.4 Å². The Morgan fingerprint density at radius 3 is 2.50 bits per heavy atom. The van der Waals surface area contributed by atoms with Crippen LogP contribution >= 0.6 is 11.8 Å². The van der Waals surface area contributed by atoms with E-state index in [2.05, 4.69) is 37.9 Å². The van der Waals surface area contributed by atoms with Gasteiger partial charge in [0.25, 0.3) is 0 Å². The lowest BCUT2D eigenvalue weighted by Crippen LogP contribution is -2.26. The van der Waals surface area contributed by atoms with Gasteiger partial charge in [-0.25, -0.2) is 0 Å².